The van der Waals surface area contributed by atoms with E-state index in [1.807, 2.05) is 13.0 Å². The van der Waals surface area contributed by atoms with E-state index in [-0.39, 0.29) is 23.8 Å². The molecule has 3 atom stereocenters. The van der Waals surface area contributed by atoms with Crippen LogP contribution in [0.3, 0.4) is 0 Å². The van der Waals surface area contributed by atoms with Crippen molar-refractivity contribution in [3.63, 3.8) is 0 Å². The van der Waals surface area contributed by atoms with Gasteiger partial charge in [0.15, 0.2) is 0 Å². The lowest BCUT2D eigenvalue weighted by atomic mass is 9.91. The van der Waals surface area contributed by atoms with E-state index in [1.54, 1.807) is 11.3 Å². The van der Waals surface area contributed by atoms with Crippen LogP contribution >= 0.6 is 11.3 Å². The highest BCUT2D eigenvalue weighted by Crippen LogP contribution is 2.25. The SMILES string of the molecule is CCCC(=O)N[C@@H](Cc1nc2ccc(CC)cc2s1)C(O)N[C@H](CNC(=O)CCCN1CCCCC1)C1CCOCC1. The number of aliphatic hydroxyl groups excluding tert-OH is 1. The molecule has 0 spiro atoms. The van der Waals surface area contributed by atoms with Crippen LogP contribution in [0.5, 0.6) is 0 Å². The first-order valence-corrected chi connectivity index (χ1v) is 17.0. The van der Waals surface area contributed by atoms with Crippen molar-refractivity contribution in [2.45, 2.75) is 103 Å². The number of aliphatic hydroxyl groups is 1. The monoisotopic (exact) mass is 601 g/mol. The van der Waals surface area contributed by atoms with E-state index in [0.29, 0.717) is 39.0 Å². The molecule has 2 aliphatic heterocycles. The number of hydrogen-bond donors (Lipinski definition) is 4. The number of nitrogens with one attached hydrogen (secondary N) is 3. The molecule has 2 aliphatic rings. The van der Waals surface area contributed by atoms with Crippen LogP contribution in [0.1, 0.15) is 82.2 Å². The van der Waals surface area contributed by atoms with Crippen molar-refractivity contribution in [1.82, 2.24) is 25.8 Å². The number of nitrogens with zero attached hydrogens (tertiary/aromatic N) is 2. The van der Waals surface area contributed by atoms with Crippen LogP contribution in [0.25, 0.3) is 10.2 Å². The summed E-state index contributed by atoms with van der Waals surface area (Å²) in [6.07, 6.45) is 8.44. The predicted molar refractivity (Wildman–Crippen MR) is 169 cm³/mol. The molecule has 4 rings (SSSR count). The minimum Gasteiger partial charge on any atom is -0.381 e. The fourth-order valence-corrected chi connectivity index (χ4v) is 7.12. The van der Waals surface area contributed by atoms with E-state index in [9.17, 15) is 14.7 Å². The lowest BCUT2D eigenvalue weighted by Gasteiger charge is -2.35. The molecule has 2 fully saturated rings. The predicted octanol–water partition coefficient (Wildman–Crippen LogP) is 3.77. The van der Waals surface area contributed by atoms with Crippen LogP contribution in [0.4, 0.5) is 0 Å². The molecule has 2 amide bonds. The molecule has 2 aromatic rings. The summed E-state index contributed by atoms with van der Waals surface area (Å²) in [7, 11) is 0. The Morgan fingerprint density at radius 3 is 2.64 bits per heavy atom. The minimum absolute atomic E-state index is 0.0501. The number of carbonyl (C=O) groups is 2. The summed E-state index contributed by atoms with van der Waals surface area (Å²) in [6, 6.07) is 5.64. The summed E-state index contributed by atoms with van der Waals surface area (Å²) in [5.74, 6) is 0.223. The van der Waals surface area contributed by atoms with Crippen molar-refractivity contribution in [2.24, 2.45) is 5.92 Å². The standard InChI is InChI=1S/C32H51N5O4S/c1-3-9-30(39)34-26(21-31-35-25-12-11-23(4-2)20-28(25)42-31)32(40)36-27(24-13-18-41-19-14-24)22-33-29(38)10-8-17-37-15-6-5-7-16-37/h11-12,20,24,26-27,32,36,40H,3-10,13-19,21-22H2,1-2H3,(H,33,38)(H,34,39)/t26-,27+,32?/m0/s1. The zero-order valence-electron chi connectivity index (χ0n) is 25.5. The first kappa shape index (κ1) is 32.8. The van der Waals surface area contributed by atoms with Crippen molar-refractivity contribution in [2.75, 3.05) is 39.4 Å². The van der Waals surface area contributed by atoms with Crippen molar-refractivity contribution in [3.8, 4) is 0 Å². The molecule has 1 unspecified atom stereocenters. The summed E-state index contributed by atoms with van der Waals surface area (Å²) >= 11 is 1.61. The van der Waals surface area contributed by atoms with E-state index >= 15 is 0 Å². The van der Waals surface area contributed by atoms with Gasteiger partial charge in [-0.25, -0.2) is 4.98 Å². The second-order valence-corrected chi connectivity index (χ2v) is 13.0. The Kier molecular flexibility index (Phi) is 13.5. The first-order chi connectivity index (χ1) is 20.4. The summed E-state index contributed by atoms with van der Waals surface area (Å²) in [6.45, 7) is 9.13. The Labute approximate surface area is 255 Å². The van der Waals surface area contributed by atoms with E-state index in [2.05, 4.69) is 39.9 Å². The van der Waals surface area contributed by atoms with Crippen molar-refractivity contribution in [3.05, 3.63) is 28.8 Å². The van der Waals surface area contributed by atoms with Crippen LogP contribution in [0, 0.1) is 5.92 Å². The van der Waals surface area contributed by atoms with Gasteiger partial charge in [0, 0.05) is 45.1 Å². The van der Waals surface area contributed by atoms with Crippen LogP contribution in [-0.4, -0.2) is 84.5 Å². The maximum Gasteiger partial charge on any atom is 0.220 e. The molecule has 3 heterocycles. The maximum atomic E-state index is 12.8. The summed E-state index contributed by atoms with van der Waals surface area (Å²) in [5.41, 5.74) is 2.21. The van der Waals surface area contributed by atoms with Gasteiger partial charge in [-0.15, -0.1) is 11.3 Å². The third-order valence-electron chi connectivity index (χ3n) is 8.57. The van der Waals surface area contributed by atoms with Gasteiger partial charge in [-0.1, -0.05) is 26.3 Å². The molecule has 0 saturated carbocycles. The fourth-order valence-electron chi connectivity index (χ4n) is 6.03. The summed E-state index contributed by atoms with van der Waals surface area (Å²) in [4.78, 5) is 32.7. The van der Waals surface area contributed by atoms with Crippen LogP contribution in [-0.2, 0) is 27.2 Å². The number of fused-ring (bicyclic) bond motifs is 1. The van der Waals surface area contributed by atoms with Crippen LogP contribution < -0.4 is 16.0 Å². The van der Waals surface area contributed by atoms with Gasteiger partial charge < -0.3 is 25.4 Å². The Morgan fingerprint density at radius 2 is 1.90 bits per heavy atom. The first-order valence-electron chi connectivity index (χ1n) is 16.1. The van der Waals surface area contributed by atoms with Gasteiger partial charge in [-0.3, -0.25) is 14.9 Å². The van der Waals surface area contributed by atoms with Gasteiger partial charge >= 0.3 is 0 Å². The molecule has 4 N–H and O–H groups in total. The zero-order chi connectivity index (χ0) is 29.7. The number of amides is 2. The fraction of sp³-hybridized carbons (Fsp3) is 0.719. The molecule has 1 aromatic carbocycles. The van der Waals surface area contributed by atoms with Crippen LogP contribution in [0.2, 0.25) is 0 Å². The topological polar surface area (TPSA) is 116 Å². The number of aryl methyl sites for hydroxylation is 1. The normalized spacial score (nSPS) is 18.9. The number of rotatable bonds is 16. The van der Waals surface area contributed by atoms with Crippen LogP contribution in [0.15, 0.2) is 18.2 Å². The average Bonchev–Trinajstić information content (AvgIpc) is 3.41. The number of benzene rings is 1. The molecule has 1 aromatic heterocycles. The molecule has 42 heavy (non-hydrogen) atoms. The van der Waals surface area contributed by atoms with E-state index in [1.165, 1.54) is 24.8 Å². The lowest BCUT2D eigenvalue weighted by Crippen LogP contribution is -2.58. The molecule has 0 radical (unpaired) electrons. The average molecular weight is 602 g/mol. The quantitative estimate of drug-likeness (QED) is 0.217. The highest BCUT2D eigenvalue weighted by molar-refractivity contribution is 7.18. The van der Waals surface area contributed by atoms with Crippen molar-refractivity contribution in [1.29, 1.82) is 0 Å². The molecule has 9 nitrogen and oxygen atoms in total. The number of carbonyl (C=O) groups excluding carboxylic acids is 2. The van der Waals surface area contributed by atoms with Crippen molar-refractivity contribution < 1.29 is 19.4 Å². The smallest absolute Gasteiger partial charge is 0.220 e. The van der Waals surface area contributed by atoms with E-state index in [0.717, 1.165) is 67.0 Å². The second-order valence-electron chi connectivity index (χ2n) is 11.9. The van der Waals surface area contributed by atoms with E-state index in [4.69, 9.17) is 9.72 Å². The molecule has 234 valence electrons. The molecular formula is C32H51N5O4S. The second kappa shape index (κ2) is 17.3. The highest BCUT2D eigenvalue weighted by Gasteiger charge is 2.30. The Bertz CT molecular complexity index is 1120. The molecule has 2 saturated heterocycles. The van der Waals surface area contributed by atoms with E-state index < -0.39 is 12.3 Å². The number of likely N-dealkylation sites (tertiary alicyclic amines) is 1. The third-order valence-corrected chi connectivity index (χ3v) is 9.61. The largest absolute Gasteiger partial charge is 0.381 e. The molecule has 0 aliphatic carbocycles. The van der Waals surface area contributed by atoms with Gasteiger partial charge in [-0.05, 0) is 88.2 Å². The molecular weight excluding hydrogens is 550 g/mol. The van der Waals surface area contributed by atoms with Crippen molar-refractivity contribution >= 4 is 33.4 Å². The number of piperidine rings is 1. The minimum atomic E-state index is -0.993. The van der Waals surface area contributed by atoms with Gasteiger partial charge in [0.1, 0.15) is 6.23 Å². The van der Waals surface area contributed by atoms with Gasteiger partial charge in [0.2, 0.25) is 11.8 Å². The Morgan fingerprint density at radius 1 is 1.12 bits per heavy atom. The van der Waals surface area contributed by atoms with Gasteiger partial charge in [0.25, 0.3) is 0 Å². The zero-order valence-corrected chi connectivity index (χ0v) is 26.4. The number of thiazole rings is 1. The molecule has 0 bridgehead atoms. The summed E-state index contributed by atoms with van der Waals surface area (Å²) in [5, 5.41) is 22.0. The molecule has 10 heteroatoms. The Balaban J connectivity index is 1.38. The third kappa shape index (κ3) is 10.3. The van der Waals surface area contributed by atoms with Gasteiger partial charge in [0.05, 0.1) is 21.3 Å². The lowest BCUT2D eigenvalue weighted by molar-refractivity contribution is -0.123. The summed E-state index contributed by atoms with van der Waals surface area (Å²) < 4.78 is 6.72. The number of aromatic nitrogens is 1. The van der Waals surface area contributed by atoms with Gasteiger partial charge in [-0.2, -0.15) is 0 Å². The number of ether oxygens (including phenoxy) is 1. The Hall–Kier alpha value is -2.11. The maximum absolute atomic E-state index is 12.8. The highest BCUT2D eigenvalue weighted by atomic mass is 32.1. The number of hydrogen-bond acceptors (Lipinski definition) is 8.